The molecule has 3 heteroatoms. The van der Waals surface area contributed by atoms with Crippen molar-refractivity contribution in [1.82, 2.24) is 4.98 Å². The van der Waals surface area contributed by atoms with E-state index in [0.717, 1.165) is 6.42 Å². The van der Waals surface area contributed by atoms with Crippen LogP contribution in [0, 0.1) is 19.2 Å². The summed E-state index contributed by atoms with van der Waals surface area (Å²) in [5, 5.41) is 1.01. The Kier molecular flexibility index (Phi) is 2.06. The third-order valence-electron chi connectivity index (χ3n) is 6.65. The van der Waals surface area contributed by atoms with Gasteiger partial charge in [-0.25, -0.2) is 4.98 Å². The van der Waals surface area contributed by atoms with Crippen molar-refractivity contribution in [2.75, 3.05) is 4.90 Å². The molecule has 1 aliphatic carbocycles. The van der Waals surface area contributed by atoms with Crippen LogP contribution in [0.15, 0.2) is 28.7 Å². The van der Waals surface area contributed by atoms with Gasteiger partial charge >= 0.3 is 0 Å². The predicted molar refractivity (Wildman–Crippen MR) is 117 cm³/mol. The molecule has 0 bridgehead atoms. The molecule has 0 radical (unpaired) electrons. The highest BCUT2D eigenvalue weighted by atomic mass is 16.3. The second-order valence-corrected chi connectivity index (χ2v) is 8.36. The van der Waals surface area contributed by atoms with Crippen molar-refractivity contribution in [3.05, 3.63) is 35.5 Å². The second kappa shape index (κ2) is 5.98. The number of hydrogen-bond acceptors (Lipinski definition) is 3. The van der Waals surface area contributed by atoms with E-state index in [2.05, 4.69) is 4.98 Å². The quantitative estimate of drug-likeness (QED) is 0.453. The summed E-state index contributed by atoms with van der Waals surface area (Å²) >= 11 is 0. The minimum Gasteiger partial charge on any atom is -0.436 e. The van der Waals surface area contributed by atoms with Crippen molar-refractivity contribution in [1.29, 1.82) is 0 Å². The number of fused-ring (bicyclic) bond motifs is 3. The summed E-state index contributed by atoms with van der Waals surface area (Å²) in [6.45, 7) is -5.53. The molecule has 0 amide bonds. The summed E-state index contributed by atoms with van der Waals surface area (Å²) < 4.78 is 99.9. The Morgan fingerprint density at radius 3 is 2.68 bits per heavy atom. The maximum absolute atomic E-state index is 9.44. The summed E-state index contributed by atoms with van der Waals surface area (Å²) in [5.74, 6) is 0. The van der Waals surface area contributed by atoms with Gasteiger partial charge in [-0.3, -0.25) is 0 Å². The first-order valence-electron chi connectivity index (χ1n) is 15.5. The lowest BCUT2D eigenvalue weighted by Crippen LogP contribution is -2.44. The number of aromatic nitrogens is 1. The van der Waals surface area contributed by atoms with Gasteiger partial charge in [0.2, 0.25) is 5.71 Å². The van der Waals surface area contributed by atoms with E-state index in [4.69, 9.17) is 16.8 Å². The molecule has 0 N–H and O–H groups in total. The smallest absolute Gasteiger partial charge is 0.227 e. The van der Waals surface area contributed by atoms with Crippen LogP contribution < -0.4 is 4.90 Å². The molecule has 3 heterocycles. The zero-order valence-corrected chi connectivity index (χ0v) is 16.2. The molecular weight excluding hydrogens is 344 g/mol. The number of hydrogen-bond donors (Lipinski definition) is 0. The van der Waals surface area contributed by atoms with Gasteiger partial charge in [-0.1, -0.05) is 31.4 Å². The van der Waals surface area contributed by atoms with E-state index in [-0.39, 0.29) is 22.7 Å². The molecule has 3 nitrogen and oxygen atoms in total. The number of aryl methyl sites for hydroxylation is 2. The Morgan fingerprint density at radius 2 is 1.93 bits per heavy atom. The summed E-state index contributed by atoms with van der Waals surface area (Å²) in [7, 11) is 0. The van der Waals surface area contributed by atoms with E-state index in [1.807, 2.05) is 0 Å². The summed E-state index contributed by atoms with van der Waals surface area (Å²) in [6, 6.07) is 5.63. The standard InChI is InChI=1S/C25H32N2O/c1-16-9-11-19-20-12-10-17(2)26-23(20)28-22(19)21(16)27-18(3)25(15-24(27,4)5)13-7-6-8-14-25/h9-12,18H,6-8,13-15H2,1-5H3/t18-/m0/s1/i2D3,4D3,5D3,15D2. The molecule has 1 saturated heterocycles. The van der Waals surface area contributed by atoms with Crippen molar-refractivity contribution in [2.45, 2.75) is 84.5 Å². The fourth-order valence-corrected chi connectivity index (χ4v) is 5.25. The predicted octanol–water partition coefficient (Wildman–Crippen LogP) is 6.93. The fourth-order valence-electron chi connectivity index (χ4n) is 5.25. The minimum atomic E-state index is -3.25. The molecule has 1 spiro atoms. The molecule has 2 aromatic heterocycles. The molecule has 1 aromatic carbocycles. The van der Waals surface area contributed by atoms with Crippen molar-refractivity contribution < 1.29 is 19.5 Å². The number of anilines is 1. The van der Waals surface area contributed by atoms with Crippen molar-refractivity contribution in [2.24, 2.45) is 5.41 Å². The molecule has 3 aromatic rings. The third-order valence-corrected chi connectivity index (χ3v) is 6.65. The zero-order valence-electron chi connectivity index (χ0n) is 27.2. The van der Waals surface area contributed by atoms with Gasteiger partial charge in [0.25, 0.3) is 0 Å². The number of furan rings is 1. The van der Waals surface area contributed by atoms with Gasteiger partial charge in [-0.05, 0) is 76.7 Å². The molecule has 148 valence electrons. The van der Waals surface area contributed by atoms with E-state index in [1.165, 1.54) is 11.0 Å². The van der Waals surface area contributed by atoms with E-state index in [9.17, 15) is 2.74 Å². The van der Waals surface area contributed by atoms with Crippen LogP contribution in [0.5, 0.6) is 0 Å². The third kappa shape index (κ3) is 2.44. The van der Waals surface area contributed by atoms with Crippen LogP contribution in [-0.2, 0) is 0 Å². The Morgan fingerprint density at radius 1 is 1.14 bits per heavy atom. The monoisotopic (exact) mass is 387 g/mol. The highest BCUT2D eigenvalue weighted by Crippen LogP contribution is 2.57. The number of rotatable bonds is 1. The molecule has 5 rings (SSSR count). The number of pyridine rings is 1. The molecular formula is C25H32N2O. The fraction of sp³-hybridized carbons (Fsp3) is 0.560. The maximum atomic E-state index is 9.44. The van der Waals surface area contributed by atoms with Gasteiger partial charge in [-0.15, -0.1) is 0 Å². The summed E-state index contributed by atoms with van der Waals surface area (Å²) in [5.41, 5.74) is -3.37. The molecule has 0 unspecified atom stereocenters. The lowest BCUT2D eigenvalue weighted by atomic mass is 9.68. The van der Waals surface area contributed by atoms with Gasteiger partial charge < -0.3 is 9.32 Å². The Labute approximate surface area is 183 Å². The molecule has 28 heavy (non-hydrogen) atoms. The topological polar surface area (TPSA) is 29.3 Å². The molecule has 1 atom stereocenters. The van der Waals surface area contributed by atoms with Gasteiger partial charge in [0.1, 0.15) is 0 Å². The minimum absolute atomic E-state index is 0.0288. The van der Waals surface area contributed by atoms with Gasteiger partial charge in [0.15, 0.2) is 5.58 Å². The highest BCUT2D eigenvalue weighted by Gasteiger charge is 2.54. The van der Waals surface area contributed by atoms with Gasteiger partial charge in [0, 0.05) is 43.1 Å². The summed E-state index contributed by atoms with van der Waals surface area (Å²) in [6.07, 6.45) is 0.323. The lowest BCUT2D eigenvalue weighted by molar-refractivity contribution is 0.170. The van der Waals surface area contributed by atoms with Crippen LogP contribution >= 0.6 is 0 Å². The number of benzene rings is 1. The zero-order chi connectivity index (χ0) is 29.0. The van der Waals surface area contributed by atoms with E-state index < -0.39 is 43.9 Å². The van der Waals surface area contributed by atoms with Crippen molar-refractivity contribution >= 4 is 27.8 Å². The average molecular weight is 388 g/mol. The Balaban J connectivity index is 1.91. The van der Waals surface area contributed by atoms with Crippen molar-refractivity contribution in [3.63, 3.8) is 0 Å². The molecule has 2 fully saturated rings. The molecule has 1 saturated carbocycles. The Hall–Kier alpha value is -2.03. The van der Waals surface area contributed by atoms with E-state index in [0.29, 0.717) is 42.0 Å². The summed E-state index contributed by atoms with van der Waals surface area (Å²) in [4.78, 5) is 5.50. The Bertz CT molecular complexity index is 1410. The second-order valence-electron chi connectivity index (χ2n) is 8.36. The van der Waals surface area contributed by atoms with Crippen LogP contribution in [0.25, 0.3) is 22.1 Å². The van der Waals surface area contributed by atoms with Crippen LogP contribution in [0.3, 0.4) is 0 Å². The lowest BCUT2D eigenvalue weighted by Gasteiger charge is -2.41. The van der Waals surface area contributed by atoms with Crippen LogP contribution in [0.4, 0.5) is 5.69 Å². The van der Waals surface area contributed by atoms with E-state index in [1.54, 1.807) is 32.0 Å². The largest absolute Gasteiger partial charge is 0.436 e. The molecule has 2 aliphatic rings. The van der Waals surface area contributed by atoms with Crippen molar-refractivity contribution in [3.8, 4) is 0 Å². The normalized spacial score (nSPS) is 32.9. The molecule has 1 aliphatic heterocycles. The maximum Gasteiger partial charge on any atom is 0.227 e. The van der Waals surface area contributed by atoms with Crippen LogP contribution in [-0.4, -0.2) is 16.6 Å². The van der Waals surface area contributed by atoms with E-state index >= 15 is 0 Å². The van der Waals surface area contributed by atoms with Gasteiger partial charge in [-0.2, -0.15) is 0 Å². The van der Waals surface area contributed by atoms with Crippen LogP contribution in [0.2, 0.25) is 0 Å². The first-order valence-corrected chi connectivity index (χ1v) is 9.96. The highest BCUT2D eigenvalue weighted by molar-refractivity contribution is 6.08. The first-order chi connectivity index (χ1) is 17.8. The average Bonchev–Trinajstić information content (AvgIpc) is 3.24. The van der Waals surface area contributed by atoms with Gasteiger partial charge in [0.05, 0.1) is 5.69 Å². The first kappa shape index (κ1) is 9.65. The number of nitrogens with zero attached hydrogens (tertiary/aromatic N) is 2. The van der Waals surface area contributed by atoms with Crippen LogP contribution in [0.1, 0.15) is 85.4 Å². The SMILES string of the molecule is [2H]C([2H])([2H])c1ccc2c(n1)oc1c(N3[C@@H](C)C4(CCCCC4)C([2H])([2H])C3(C([2H])([2H])[2H])C([2H])([2H])[2H])c(C)ccc12.